The first-order valence-electron chi connectivity index (χ1n) is 8.24. The molecule has 158 valence electrons. The normalized spacial score (nSPS) is 12.6. The van der Waals surface area contributed by atoms with Crippen molar-refractivity contribution in [3.05, 3.63) is 59.7 Å². The Morgan fingerprint density at radius 3 is 1.93 bits per heavy atom. The molecule has 0 radical (unpaired) electrons. The number of hydrogen-bond acceptors (Lipinski definition) is 5. The van der Waals surface area contributed by atoms with Crippen molar-refractivity contribution >= 4 is 27.7 Å². The van der Waals surface area contributed by atoms with Crippen LogP contribution in [0.5, 0.6) is 0 Å². The highest BCUT2D eigenvalue weighted by Crippen LogP contribution is 2.33. The molecule has 0 saturated carbocycles. The van der Waals surface area contributed by atoms with Crippen LogP contribution in [0.25, 0.3) is 0 Å². The largest absolute Gasteiger partial charge is 0.416 e. The fourth-order valence-corrected chi connectivity index (χ4v) is 3.96. The molecule has 0 fully saturated rings. The molecule has 3 N–H and O–H groups in total. The lowest BCUT2D eigenvalue weighted by molar-refractivity contribution is -0.137. The molecule has 0 aromatic heterocycles. The van der Waals surface area contributed by atoms with Crippen LogP contribution in [0, 0.1) is 0 Å². The topological polar surface area (TPSA) is 95.5 Å². The van der Waals surface area contributed by atoms with E-state index in [4.69, 9.17) is 5.21 Å². The standard InChI is InChI=1S/C18H19F3N2O4S2/c1-17(2,16(24)23-25)29(26,27)22-11-12-3-7-14(8-4-12)28-15-9-5-13(6-10-15)18(19,20)21/h3-10,22,25H,11H2,1-2H3,(H,23,24). The zero-order chi connectivity index (χ0) is 21.9. The maximum Gasteiger partial charge on any atom is 0.416 e. The molecule has 0 aliphatic carbocycles. The van der Waals surface area contributed by atoms with E-state index in [2.05, 4.69) is 4.72 Å². The van der Waals surface area contributed by atoms with E-state index in [0.29, 0.717) is 10.5 Å². The molecule has 1 amide bonds. The van der Waals surface area contributed by atoms with Gasteiger partial charge in [-0.1, -0.05) is 23.9 Å². The highest BCUT2D eigenvalue weighted by Gasteiger charge is 2.41. The van der Waals surface area contributed by atoms with Crippen LogP contribution in [0.4, 0.5) is 13.2 Å². The summed E-state index contributed by atoms with van der Waals surface area (Å²) in [4.78, 5) is 12.9. The third-order valence-electron chi connectivity index (χ3n) is 4.13. The summed E-state index contributed by atoms with van der Waals surface area (Å²) in [5.41, 5.74) is 1.22. The Bertz CT molecular complexity index is 958. The van der Waals surface area contributed by atoms with E-state index in [0.717, 1.165) is 30.9 Å². The Hall–Kier alpha value is -2.08. The molecule has 6 nitrogen and oxygen atoms in total. The first-order chi connectivity index (χ1) is 13.4. The zero-order valence-electron chi connectivity index (χ0n) is 15.4. The Morgan fingerprint density at radius 2 is 1.48 bits per heavy atom. The van der Waals surface area contributed by atoms with E-state index in [1.54, 1.807) is 24.3 Å². The number of sulfonamides is 1. The van der Waals surface area contributed by atoms with Crippen LogP contribution in [-0.2, 0) is 27.5 Å². The number of alkyl halides is 3. The maximum absolute atomic E-state index is 12.6. The van der Waals surface area contributed by atoms with Gasteiger partial charge in [-0.05, 0) is 55.8 Å². The Balaban J connectivity index is 2.01. The molecular formula is C18H19F3N2O4S2. The molecule has 0 atom stereocenters. The van der Waals surface area contributed by atoms with E-state index in [1.165, 1.54) is 29.4 Å². The van der Waals surface area contributed by atoms with E-state index in [1.807, 2.05) is 0 Å². The molecule has 2 rings (SSSR count). The third-order valence-corrected chi connectivity index (χ3v) is 7.20. The first kappa shape index (κ1) is 23.2. The number of hydrogen-bond donors (Lipinski definition) is 3. The van der Waals surface area contributed by atoms with Crippen molar-refractivity contribution in [3.63, 3.8) is 0 Å². The molecule has 0 unspecified atom stereocenters. The van der Waals surface area contributed by atoms with Crippen molar-refractivity contribution in [1.29, 1.82) is 0 Å². The fourth-order valence-electron chi connectivity index (χ4n) is 2.14. The summed E-state index contributed by atoms with van der Waals surface area (Å²) in [5, 5.41) is 8.68. The van der Waals surface area contributed by atoms with Gasteiger partial charge >= 0.3 is 6.18 Å². The summed E-state index contributed by atoms with van der Waals surface area (Å²) in [6.07, 6.45) is -4.38. The number of carbonyl (C=O) groups is 1. The minimum absolute atomic E-state index is 0.0737. The molecule has 0 spiro atoms. The van der Waals surface area contributed by atoms with Crippen LogP contribution in [0.2, 0.25) is 0 Å². The highest BCUT2D eigenvalue weighted by atomic mass is 32.2. The number of halogens is 3. The lowest BCUT2D eigenvalue weighted by Crippen LogP contribution is -2.51. The summed E-state index contributed by atoms with van der Waals surface area (Å²) in [6, 6.07) is 11.5. The van der Waals surface area contributed by atoms with Crippen molar-refractivity contribution in [1.82, 2.24) is 10.2 Å². The van der Waals surface area contributed by atoms with Crippen molar-refractivity contribution < 1.29 is 31.6 Å². The summed E-state index contributed by atoms with van der Waals surface area (Å²) in [7, 11) is -4.06. The average Bonchev–Trinajstić information content (AvgIpc) is 2.66. The number of nitrogens with one attached hydrogen (secondary N) is 2. The van der Waals surface area contributed by atoms with Crippen molar-refractivity contribution in [2.75, 3.05) is 0 Å². The fraction of sp³-hybridized carbons (Fsp3) is 0.278. The first-order valence-corrected chi connectivity index (χ1v) is 10.5. The molecule has 0 saturated heterocycles. The molecule has 0 heterocycles. The molecule has 0 aliphatic rings. The molecule has 29 heavy (non-hydrogen) atoms. The van der Waals surface area contributed by atoms with Crippen LogP contribution in [-0.4, -0.2) is 24.3 Å². The summed E-state index contributed by atoms with van der Waals surface area (Å²) in [6.45, 7) is 2.24. The molecular weight excluding hydrogens is 429 g/mol. The minimum atomic E-state index is -4.38. The second-order valence-corrected chi connectivity index (χ2v) is 10.0. The van der Waals surface area contributed by atoms with E-state index >= 15 is 0 Å². The Morgan fingerprint density at radius 1 is 1.00 bits per heavy atom. The van der Waals surface area contributed by atoms with Crippen molar-refractivity contribution in [2.45, 2.75) is 41.1 Å². The van der Waals surface area contributed by atoms with Gasteiger partial charge in [0.05, 0.1) is 5.56 Å². The van der Waals surface area contributed by atoms with Gasteiger partial charge < -0.3 is 0 Å². The van der Waals surface area contributed by atoms with Gasteiger partial charge in [0.15, 0.2) is 4.75 Å². The van der Waals surface area contributed by atoms with Crippen LogP contribution >= 0.6 is 11.8 Å². The molecule has 11 heteroatoms. The SMILES string of the molecule is CC(C)(C(=O)NO)S(=O)(=O)NCc1ccc(Sc2ccc(C(F)(F)F)cc2)cc1. The van der Waals surface area contributed by atoms with Gasteiger partial charge in [0, 0.05) is 16.3 Å². The monoisotopic (exact) mass is 448 g/mol. The molecule has 0 aliphatic heterocycles. The van der Waals surface area contributed by atoms with Crippen molar-refractivity contribution in [2.24, 2.45) is 0 Å². The lowest BCUT2D eigenvalue weighted by atomic mass is 10.2. The lowest BCUT2D eigenvalue weighted by Gasteiger charge is -2.22. The number of rotatable bonds is 7. The van der Waals surface area contributed by atoms with Gasteiger partial charge in [-0.25, -0.2) is 18.6 Å². The van der Waals surface area contributed by atoms with Gasteiger partial charge in [0.2, 0.25) is 10.0 Å². The second-order valence-electron chi connectivity index (χ2n) is 6.54. The van der Waals surface area contributed by atoms with Crippen LogP contribution < -0.4 is 10.2 Å². The number of carbonyl (C=O) groups excluding carboxylic acids is 1. The predicted molar refractivity (Wildman–Crippen MR) is 102 cm³/mol. The number of benzene rings is 2. The summed E-state index contributed by atoms with van der Waals surface area (Å²) < 4.78 is 62.7. The van der Waals surface area contributed by atoms with Crippen LogP contribution in [0.3, 0.4) is 0 Å². The Kier molecular flexibility index (Phi) is 6.99. The summed E-state index contributed by atoms with van der Waals surface area (Å²) >= 11 is 1.26. The second kappa shape index (κ2) is 8.74. The van der Waals surface area contributed by atoms with Gasteiger partial charge in [-0.3, -0.25) is 10.0 Å². The van der Waals surface area contributed by atoms with E-state index in [-0.39, 0.29) is 6.54 Å². The predicted octanol–water partition coefficient (Wildman–Crippen LogP) is 3.56. The zero-order valence-corrected chi connectivity index (χ0v) is 17.1. The van der Waals surface area contributed by atoms with Gasteiger partial charge in [-0.15, -0.1) is 0 Å². The van der Waals surface area contributed by atoms with Gasteiger partial charge in [0.25, 0.3) is 5.91 Å². The van der Waals surface area contributed by atoms with E-state index in [9.17, 15) is 26.4 Å². The van der Waals surface area contributed by atoms with Crippen LogP contribution in [0.1, 0.15) is 25.0 Å². The molecule has 0 bridgehead atoms. The van der Waals surface area contributed by atoms with Gasteiger partial charge in [-0.2, -0.15) is 13.2 Å². The van der Waals surface area contributed by atoms with Crippen LogP contribution in [0.15, 0.2) is 58.3 Å². The van der Waals surface area contributed by atoms with Gasteiger partial charge in [0.1, 0.15) is 0 Å². The Labute approximate surface area is 170 Å². The smallest absolute Gasteiger partial charge is 0.289 e. The van der Waals surface area contributed by atoms with E-state index < -0.39 is 32.4 Å². The average molecular weight is 448 g/mol. The highest BCUT2D eigenvalue weighted by molar-refractivity contribution is 7.99. The number of hydroxylamine groups is 1. The third kappa shape index (κ3) is 5.72. The maximum atomic E-state index is 12.6. The minimum Gasteiger partial charge on any atom is -0.289 e. The van der Waals surface area contributed by atoms with Crippen molar-refractivity contribution in [3.8, 4) is 0 Å². The number of amides is 1. The quantitative estimate of drug-likeness (QED) is 0.445. The molecule has 2 aromatic carbocycles. The summed E-state index contributed by atoms with van der Waals surface area (Å²) in [5.74, 6) is -1.06. The molecule has 2 aromatic rings.